The largest absolute Gasteiger partial charge is 0.481 e. The van der Waals surface area contributed by atoms with Crippen LogP contribution in [0.25, 0.3) is 0 Å². The van der Waals surface area contributed by atoms with Crippen molar-refractivity contribution < 1.29 is 28.5 Å². The van der Waals surface area contributed by atoms with Crippen LogP contribution in [-0.4, -0.2) is 18.9 Å². The van der Waals surface area contributed by atoms with Crippen molar-refractivity contribution in [2.45, 2.75) is 6.61 Å². The van der Waals surface area contributed by atoms with Gasteiger partial charge in [0.05, 0.1) is 29.8 Å². The van der Waals surface area contributed by atoms with E-state index in [1.165, 1.54) is 0 Å². The van der Waals surface area contributed by atoms with Gasteiger partial charge in [-0.25, -0.2) is 8.78 Å². The second-order valence-corrected chi connectivity index (χ2v) is 5.14. The standard InChI is InChI=1S/C14H11F2NO3S/c15-8-2-1-3-9(16)11(8)12(18)10-7-6-19-4-5-20-14(7)21-13(10)17/h1-3H,4-6,17H2/i4D2,5D2. The first kappa shape index (κ1) is 9.86. The fourth-order valence-corrected chi connectivity index (χ4v) is 2.86. The Morgan fingerprint density at radius 3 is 2.71 bits per heavy atom. The number of nitrogen functional groups attached to an aromatic ring is 1. The van der Waals surface area contributed by atoms with Crippen LogP contribution >= 0.6 is 11.3 Å². The molecule has 1 aliphatic heterocycles. The molecule has 0 unspecified atom stereocenters. The molecule has 4 nitrogen and oxygen atoms in total. The minimum atomic E-state index is -2.85. The summed E-state index contributed by atoms with van der Waals surface area (Å²) in [5.74, 6) is -3.21. The van der Waals surface area contributed by atoms with Gasteiger partial charge in [-0.3, -0.25) is 4.79 Å². The van der Waals surface area contributed by atoms with Crippen LogP contribution in [-0.2, 0) is 11.3 Å². The maximum atomic E-state index is 13.9. The minimum Gasteiger partial charge on any atom is -0.481 e. The van der Waals surface area contributed by atoms with E-state index in [2.05, 4.69) is 0 Å². The predicted molar refractivity (Wildman–Crippen MR) is 73.7 cm³/mol. The number of benzene rings is 1. The number of thiophene rings is 1. The number of carbonyl (C=O) groups is 1. The molecule has 1 aromatic heterocycles. The molecule has 1 aromatic carbocycles. The van der Waals surface area contributed by atoms with Crippen LogP contribution in [0.3, 0.4) is 0 Å². The van der Waals surface area contributed by atoms with Crippen molar-refractivity contribution in [2.24, 2.45) is 0 Å². The highest BCUT2D eigenvalue weighted by Crippen LogP contribution is 2.40. The Labute approximate surface area is 128 Å². The maximum absolute atomic E-state index is 13.9. The summed E-state index contributed by atoms with van der Waals surface area (Å²) in [5, 5.41) is -0.316. The van der Waals surface area contributed by atoms with Crippen LogP contribution in [0.4, 0.5) is 13.8 Å². The number of anilines is 1. The van der Waals surface area contributed by atoms with Crippen molar-refractivity contribution in [2.75, 3.05) is 18.9 Å². The van der Waals surface area contributed by atoms with Crippen molar-refractivity contribution in [3.63, 3.8) is 0 Å². The molecule has 0 saturated heterocycles. The minimum absolute atomic E-state index is 0.0552. The molecule has 110 valence electrons. The van der Waals surface area contributed by atoms with Crippen molar-refractivity contribution in [3.8, 4) is 5.06 Å². The number of fused-ring (bicyclic) bond motifs is 1. The molecule has 0 aliphatic carbocycles. The van der Waals surface area contributed by atoms with Crippen molar-refractivity contribution >= 4 is 22.1 Å². The molecular weight excluding hydrogens is 300 g/mol. The highest BCUT2D eigenvalue weighted by Gasteiger charge is 2.29. The van der Waals surface area contributed by atoms with Crippen LogP contribution in [0.5, 0.6) is 5.06 Å². The van der Waals surface area contributed by atoms with Gasteiger partial charge < -0.3 is 15.2 Å². The second-order valence-electron chi connectivity index (χ2n) is 4.13. The molecular formula is C14H11F2NO3S. The van der Waals surface area contributed by atoms with Gasteiger partial charge in [-0.2, -0.15) is 0 Å². The molecule has 0 spiro atoms. The first-order valence-corrected chi connectivity index (χ1v) is 6.59. The molecule has 0 atom stereocenters. The highest BCUT2D eigenvalue weighted by atomic mass is 32.1. The van der Waals surface area contributed by atoms with Gasteiger partial charge in [0.1, 0.15) is 23.2 Å². The van der Waals surface area contributed by atoms with E-state index < -0.39 is 42.7 Å². The second kappa shape index (κ2) is 5.42. The number of ketones is 1. The average molecular weight is 315 g/mol. The average Bonchev–Trinajstić information content (AvgIpc) is 2.75. The van der Waals surface area contributed by atoms with E-state index in [1.54, 1.807) is 0 Å². The normalized spacial score (nSPS) is 21.8. The van der Waals surface area contributed by atoms with Gasteiger partial charge in [-0.05, 0) is 12.1 Å². The summed E-state index contributed by atoms with van der Waals surface area (Å²) < 4.78 is 68.1. The molecule has 0 fully saturated rings. The number of hydrogen-bond donors (Lipinski definition) is 1. The quantitative estimate of drug-likeness (QED) is 0.866. The molecule has 2 N–H and O–H groups in total. The fraction of sp³-hybridized carbons (Fsp3) is 0.214. The molecule has 21 heavy (non-hydrogen) atoms. The Kier molecular flexibility index (Phi) is 2.54. The van der Waals surface area contributed by atoms with Crippen LogP contribution in [0.1, 0.15) is 27.0 Å². The highest BCUT2D eigenvalue weighted by molar-refractivity contribution is 7.18. The van der Waals surface area contributed by atoms with Crippen LogP contribution in [0, 0.1) is 11.6 Å². The Balaban J connectivity index is 2.12. The molecule has 0 bridgehead atoms. The third-order valence-corrected chi connectivity index (χ3v) is 3.83. The Morgan fingerprint density at radius 1 is 1.29 bits per heavy atom. The third kappa shape index (κ3) is 2.38. The van der Waals surface area contributed by atoms with Gasteiger partial charge in [-0.15, -0.1) is 0 Å². The lowest BCUT2D eigenvalue weighted by atomic mass is 10.0. The molecule has 0 radical (unpaired) electrons. The summed E-state index contributed by atoms with van der Waals surface area (Å²) >= 11 is 0.671. The molecule has 1 aliphatic rings. The molecule has 2 heterocycles. The van der Waals surface area contributed by atoms with E-state index >= 15 is 0 Å². The topological polar surface area (TPSA) is 61.5 Å². The number of ether oxygens (including phenoxy) is 2. The number of nitrogens with two attached hydrogens (primary N) is 1. The van der Waals surface area contributed by atoms with Gasteiger partial charge in [0.2, 0.25) is 5.78 Å². The Hall–Kier alpha value is -1.99. The lowest BCUT2D eigenvalue weighted by molar-refractivity contribution is 0.100. The Morgan fingerprint density at radius 2 is 2.00 bits per heavy atom. The van der Waals surface area contributed by atoms with E-state index in [4.69, 9.17) is 20.7 Å². The lowest BCUT2D eigenvalue weighted by Crippen LogP contribution is -2.11. The van der Waals surface area contributed by atoms with Gasteiger partial charge in [0, 0.05) is 5.56 Å². The van der Waals surface area contributed by atoms with E-state index in [-0.39, 0.29) is 21.2 Å². The van der Waals surface area contributed by atoms with Gasteiger partial charge >= 0.3 is 0 Å². The fourth-order valence-electron chi connectivity index (χ4n) is 1.97. The van der Waals surface area contributed by atoms with Gasteiger partial charge in [-0.1, -0.05) is 17.4 Å². The summed E-state index contributed by atoms with van der Waals surface area (Å²) in [6.07, 6.45) is 0. The molecule has 3 rings (SSSR count). The van der Waals surface area contributed by atoms with Gasteiger partial charge in [0.15, 0.2) is 5.06 Å². The van der Waals surface area contributed by atoms with Crippen molar-refractivity contribution in [1.82, 2.24) is 0 Å². The Bertz CT molecular complexity index is 852. The van der Waals surface area contributed by atoms with Crippen molar-refractivity contribution in [1.29, 1.82) is 0 Å². The third-order valence-electron chi connectivity index (χ3n) is 2.89. The number of halogens is 2. The summed E-state index contributed by atoms with van der Waals surface area (Å²) in [5.41, 5.74) is 4.60. The molecule has 2 aromatic rings. The first-order chi connectivity index (χ1) is 11.5. The zero-order valence-corrected chi connectivity index (χ0v) is 11.2. The van der Waals surface area contributed by atoms with Crippen LogP contribution in [0.2, 0.25) is 0 Å². The maximum Gasteiger partial charge on any atom is 0.202 e. The van der Waals surface area contributed by atoms with Crippen LogP contribution < -0.4 is 10.5 Å². The molecule has 0 saturated carbocycles. The lowest BCUT2D eigenvalue weighted by Gasteiger charge is -2.06. The summed E-state index contributed by atoms with van der Waals surface area (Å²) in [6, 6.07) is 2.94. The van der Waals surface area contributed by atoms with Crippen molar-refractivity contribution in [3.05, 3.63) is 46.5 Å². The SMILES string of the molecule is [2H]C1([2H])OCc2c(sc(N)c2C(=O)c2c(F)cccc2F)OC1([2H])[2H]. The van der Waals surface area contributed by atoms with E-state index in [0.29, 0.717) is 11.3 Å². The van der Waals surface area contributed by atoms with Crippen LogP contribution in [0.15, 0.2) is 18.2 Å². The van der Waals surface area contributed by atoms with E-state index in [1.807, 2.05) is 0 Å². The summed E-state index contributed by atoms with van der Waals surface area (Å²) in [7, 11) is 0. The monoisotopic (exact) mass is 315 g/mol. The predicted octanol–water partition coefficient (Wildman–Crippen LogP) is 2.75. The first-order valence-electron chi connectivity index (χ1n) is 7.78. The van der Waals surface area contributed by atoms with E-state index in [9.17, 15) is 13.6 Å². The smallest absolute Gasteiger partial charge is 0.202 e. The zero-order valence-electron chi connectivity index (χ0n) is 14.4. The number of hydrogen-bond acceptors (Lipinski definition) is 5. The summed E-state index contributed by atoms with van der Waals surface area (Å²) in [4.78, 5) is 12.6. The van der Waals surface area contributed by atoms with Gasteiger partial charge in [0.25, 0.3) is 0 Å². The molecule has 7 heteroatoms. The summed E-state index contributed by atoms with van der Waals surface area (Å²) in [6.45, 7) is -6.20. The zero-order chi connectivity index (χ0) is 18.6. The molecule has 0 amide bonds. The number of rotatable bonds is 2. The van der Waals surface area contributed by atoms with E-state index in [0.717, 1.165) is 18.2 Å². The number of carbonyl (C=O) groups excluding carboxylic acids is 1.